The van der Waals surface area contributed by atoms with Gasteiger partial charge in [-0.1, -0.05) is 49.3 Å². The molecule has 6 nitrogen and oxygen atoms in total. The molecule has 27 heavy (non-hydrogen) atoms. The summed E-state index contributed by atoms with van der Waals surface area (Å²) in [6.45, 7) is 5.11. The minimum absolute atomic E-state index is 0.0675. The highest BCUT2D eigenvalue weighted by Crippen LogP contribution is 2.38. The van der Waals surface area contributed by atoms with Crippen LogP contribution >= 0.6 is 0 Å². The predicted molar refractivity (Wildman–Crippen MR) is 106 cm³/mol. The molecule has 6 heteroatoms. The van der Waals surface area contributed by atoms with E-state index in [1.807, 2.05) is 24.4 Å². The standard InChI is InChI=1S/C21H22N4O2/c1-21(2,15-7-5-4-6-8-15)13-22-20-18-17(26-3)10-9-16(19(18)27-25-20)14-11-23-24-12-14/h4-12H,13H2,1-3H3,(H,22,25)(H,23,24). The van der Waals surface area contributed by atoms with Crippen molar-refractivity contribution in [2.45, 2.75) is 19.3 Å². The molecule has 2 aromatic carbocycles. The fourth-order valence-corrected chi connectivity index (χ4v) is 3.23. The molecule has 0 radical (unpaired) electrons. The van der Waals surface area contributed by atoms with Crippen LogP contribution in [0.3, 0.4) is 0 Å². The Morgan fingerprint density at radius 2 is 1.96 bits per heavy atom. The van der Waals surface area contributed by atoms with Crippen molar-refractivity contribution >= 4 is 16.8 Å². The van der Waals surface area contributed by atoms with E-state index in [2.05, 4.69) is 58.8 Å². The van der Waals surface area contributed by atoms with E-state index in [1.54, 1.807) is 13.3 Å². The number of nitrogens with one attached hydrogen (secondary N) is 2. The zero-order valence-corrected chi connectivity index (χ0v) is 15.6. The first-order valence-electron chi connectivity index (χ1n) is 8.85. The molecule has 0 atom stereocenters. The largest absolute Gasteiger partial charge is 0.496 e. The van der Waals surface area contributed by atoms with Gasteiger partial charge in [0.2, 0.25) is 0 Å². The molecule has 0 saturated heterocycles. The fourth-order valence-electron chi connectivity index (χ4n) is 3.23. The number of fused-ring (bicyclic) bond motifs is 1. The number of methoxy groups -OCH3 is 1. The second-order valence-corrected chi connectivity index (χ2v) is 7.14. The van der Waals surface area contributed by atoms with Crippen molar-refractivity contribution in [1.82, 2.24) is 15.4 Å². The average molecular weight is 362 g/mol. The molecule has 0 amide bonds. The summed E-state index contributed by atoms with van der Waals surface area (Å²) in [6, 6.07) is 14.3. The van der Waals surface area contributed by atoms with E-state index in [1.165, 1.54) is 5.56 Å². The predicted octanol–water partition coefficient (Wildman–Crippen LogP) is 4.62. The van der Waals surface area contributed by atoms with E-state index >= 15 is 0 Å². The summed E-state index contributed by atoms with van der Waals surface area (Å²) in [5.74, 6) is 1.40. The van der Waals surface area contributed by atoms with Crippen molar-refractivity contribution in [3.63, 3.8) is 0 Å². The normalized spacial score (nSPS) is 11.7. The summed E-state index contributed by atoms with van der Waals surface area (Å²) in [4.78, 5) is 0. The Bertz CT molecular complexity index is 1040. The maximum Gasteiger partial charge on any atom is 0.181 e. The van der Waals surface area contributed by atoms with Gasteiger partial charge in [-0.25, -0.2) is 0 Å². The first-order valence-corrected chi connectivity index (χ1v) is 8.85. The van der Waals surface area contributed by atoms with Gasteiger partial charge in [0, 0.05) is 29.3 Å². The number of hydrogen-bond donors (Lipinski definition) is 2. The Labute approximate surface area is 157 Å². The topological polar surface area (TPSA) is 76.0 Å². The van der Waals surface area contributed by atoms with Crippen molar-refractivity contribution < 1.29 is 9.26 Å². The van der Waals surface area contributed by atoms with Crippen molar-refractivity contribution in [3.05, 3.63) is 60.4 Å². The Balaban J connectivity index is 1.69. The van der Waals surface area contributed by atoms with Gasteiger partial charge in [-0.2, -0.15) is 5.10 Å². The van der Waals surface area contributed by atoms with Crippen LogP contribution in [0.1, 0.15) is 19.4 Å². The molecular formula is C21H22N4O2. The van der Waals surface area contributed by atoms with E-state index < -0.39 is 0 Å². The monoisotopic (exact) mass is 362 g/mol. The Hall–Kier alpha value is -3.28. The number of nitrogens with zero attached hydrogens (tertiary/aromatic N) is 2. The minimum Gasteiger partial charge on any atom is -0.496 e. The van der Waals surface area contributed by atoms with Gasteiger partial charge in [0.15, 0.2) is 11.4 Å². The zero-order chi connectivity index (χ0) is 18.9. The first-order chi connectivity index (χ1) is 13.1. The molecule has 0 unspecified atom stereocenters. The molecule has 0 saturated carbocycles. The van der Waals surface area contributed by atoms with Gasteiger partial charge < -0.3 is 14.6 Å². The summed E-state index contributed by atoms with van der Waals surface area (Å²) in [6.07, 6.45) is 3.59. The molecule has 0 bridgehead atoms. The third kappa shape index (κ3) is 3.14. The van der Waals surface area contributed by atoms with E-state index in [4.69, 9.17) is 9.26 Å². The number of rotatable bonds is 6. The lowest BCUT2D eigenvalue weighted by Crippen LogP contribution is -2.27. The number of aromatic amines is 1. The Kier molecular flexibility index (Phi) is 4.32. The summed E-state index contributed by atoms with van der Waals surface area (Å²) < 4.78 is 11.2. The van der Waals surface area contributed by atoms with Crippen LogP contribution < -0.4 is 10.1 Å². The van der Waals surface area contributed by atoms with Crippen molar-refractivity contribution in [3.8, 4) is 16.9 Å². The molecule has 2 N–H and O–H groups in total. The molecule has 0 aliphatic carbocycles. The van der Waals surface area contributed by atoms with Crippen LogP contribution in [0, 0.1) is 0 Å². The molecule has 4 rings (SSSR count). The number of aromatic nitrogens is 3. The fraction of sp³-hybridized carbons (Fsp3) is 0.238. The van der Waals surface area contributed by atoms with Gasteiger partial charge in [0.1, 0.15) is 11.1 Å². The van der Waals surface area contributed by atoms with Gasteiger partial charge in [-0.05, 0) is 17.7 Å². The number of ether oxygens (including phenoxy) is 1. The lowest BCUT2D eigenvalue weighted by molar-refractivity contribution is 0.419. The van der Waals surface area contributed by atoms with Crippen molar-refractivity contribution in [1.29, 1.82) is 0 Å². The second kappa shape index (κ2) is 6.79. The van der Waals surface area contributed by atoms with E-state index in [-0.39, 0.29) is 5.41 Å². The maximum atomic E-state index is 5.68. The Morgan fingerprint density at radius 3 is 2.67 bits per heavy atom. The average Bonchev–Trinajstić information content (AvgIpc) is 3.37. The molecule has 0 aliphatic rings. The minimum atomic E-state index is -0.0675. The molecular weight excluding hydrogens is 340 g/mol. The summed E-state index contributed by atoms with van der Waals surface area (Å²) in [5, 5.41) is 15.4. The summed E-state index contributed by atoms with van der Waals surface area (Å²) in [5.41, 5.74) is 3.73. The molecule has 4 aromatic rings. The molecule has 0 aliphatic heterocycles. The number of benzene rings is 2. The highest BCUT2D eigenvalue weighted by Gasteiger charge is 2.23. The van der Waals surface area contributed by atoms with Gasteiger partial charge in [0.05, 0.1) is 13.3 Å². The second-order valence-electron chi connectivity index (χ2n) is 7.14. The van der Waals surface area contributed by atoms with Crippen LogP contribution in [0.5, 0.6) is 5.75 Å². The molecule has 0 spiro atoms. The van der Waals surface area contributed by atoms with Crippen LogP contribution in [0.15, 0.2) is 59.4 Å². The van der Waals surface area contributed by atoms with Gasteiger partial charge in [-0.3, -0.25) is 5.10 Å². The van der Waals surface area contributed by atoms with Gasteiger partial charge >= 0.3 is 0 Å². The third-order valence-corrected chi connectivity index (χ3v) is 4.87. The lowest BCUT2D eigenvalue weighted by atomic mass is 9.84. The van der Waals surface area contributed by atoms with Crippen LogP contribution in [-0.2, 0) is 5.41 Å². The van der Waals surface area contributed by atoms with Crippen molar-refractivity contribution in [2.75, 3.05) is 19.0 Å². The lowest BCUT2D eigenvalue weighted by Gasteiger charge is -2.25. The number of H-pyrrole nitrogens is 1. The van der Waals surface area contributed by atoms with E-state index in [9.17, 15) is 0 Å². The molecule has 0 fully saturated rings. The van der Waals surface area contributed by atoms with Crippen LogP contribution in [0.4, 0.5) is 5.82 Å². The van der Waals surface area contributed by atoms with Crippen LogP contribution in [-0.4, -0.2) is 29.0 Å². The molecule has 138 valence electrons. The number of hydrogen-bond acceptors (Lipinski definition) is 5. The maximum absolute atomic E-state index is 5.68. The first kappa shape index (κ1) is 17.1. The van der Waals surface area contributed by atoms with E-state index in [0.717, 1.165) is 22.3 Å². The van der Waals surface area contributed by atoms with Crippen molar-refractivity contribution in [2.24, 2.45) is 0 Å². The van der Waals surface area contributed by atoms with Gasteiger partial charge in [0.25, 0.3) is 0 Å². The highest BCUT2D eigenvalue weighted by molar-refractivity contribution is 6.02. The SMILES string of the molecule is COc1ccc(-c2cn[nH]c2)c2onc(NCC(C)(C)c3ccccc3)c12. The van der Waals surface area contributed by atoms with Crippen LogP contribution in [0.2, 0.25) is 0 Å². The smallest absolute Gasteiger partial charge is 0.181 e. The molecule has 2 aromatic heterocycles. The summed E-state index contributed by atoms with van der Waals surface area (Å²) >= 11 is 0. The van der Waals surface area contributed by atoms with E-state index in [0.29, 0.717) is 17.9 Å². The highest BCUT2D eigenvalue weighted by atomic mass is 16.5. The van der Waals surface area contributed by atoms with Gasteiger partial charge in [-0.15, -0.1) is 0 Å². The molecule has 2 heterocycles. The zero-order valence-electron chi connectivity index (χ0n) is 15.6. The van der Waals surface area contributed by atoms with Crippen LogP contribution in [0.25, 0.3) is 22.1 Å². The Morgan fingerprint density at radius 1 is 1.15 bits per heavy atom. The third-order valence-electron chi connectivity index (χ3n) is 4.87. The summed E-state index contributed by atoms with van der Waals surface area (Å²) in [7, 11) is 1.65. The quantitative estimate of drug-likeness (QED) is 0.523. The number of anilines is 1.